The van der Waals surface area contributed by atoms with E-state index in [1.807, 2.05) is 0 Å². The standard InChI is InChI=1S/C22H14Cl2N4O4/c1-12-25-18-5-3-2-4-15(18)22(30)27(12)14-7-9-16(23)19(11-14)26-21(29)13-6-8-17(24)20(10-13)28(31)32/h2-11H,1H3,(H,26,29). The molecule has 1 amide bonds. The molecule has 0 aliphatic heterocycles. The summed E-state index contributed by atoms with van der Waals surface area (Å²) in [7, 11) is 0. The Bertz CT molecular complexity index is 1470. The Hall–Kier alpha value is -3.75. The molecule has 0 saturated carbocycles. The van der Waals surface area contributed by atoms with Crippen molar-refractivity contribution in [1.29, 1.82) is 0 Å². The molecule has 1 aromatic heterocycles. The Balaban J connectivity index is 1.74. The van der Waals surface area contributed by atoms with E-state index in [9.17, 15) is 19.7 Å². The molecular weight excluding hydrogens is 455 g/mol. The number of nitro groups is 1. The van der Waals surface area contributed by atoms with Crippen molar-refractivity contribution in [3.63, 3.8) is 0 Å². The lowest BCUT2D eigenvalue weighted by Crippen LogP contribution is -2.22. The van der Waals surface area contributed by atoms with Gasteiger partial charge in [-0.05, 0) is 49.4 Å². The van der Waals surface area contributed by atoms with Gasteiger partial charge < -0.3 is 5.32 Å². The molecule has 0 aliphatic rings. The van der Waals surface area contributed by atoms with Crippen molar-refractivity contribution >= 4 is 51.4 Å². The fourth-order valence-corrected chi connectivity index (χ4v) is 3.64. The van der Waals surface area contributed by atoms with Gasteiger partial charge in [-0.25, -0.2) is 4.98 Å². The highest BCUT2D eigenvalue weighted by atomic mass is 35.5. The van der Waals surface area contributed by atoms with Crippen molar-refractivity contribution in [2.45, 2.75) is 6.92 Å². The molecular formula is C22H14Cl2N4O4. The topological polar surface area (TPSA) is 107 Å². The number of nitrogens with zero attached hydrogens (tertiary/aromatic N) is 3. The number of fused-ring (bicyclic) bond motifs is 1. The Kier molecular flexibility index (Phi) is 5.65. The van der Waals surface area contributed by atoms with Gasteiger partial charge in [-0.15, -0.1) is 0 Å². The molecule has 0 aliphatic carbocycles. The lowest BCUT2D eigenvalue weighted by atomic mass is 10.1. The van der Waals surface area contributed by atoms with Crippen molar-refractivity contribution in [1.82, 2.24) is 9.55 Å². The molecule has 32 heavy (non-hydrogen) atoms. The first-order valence-corrected chi connectivity index (χ1v) is 10.1. The maximum atomic E-state index is 13.0. The molecule has 8 nitrogen and oxygen atoms in total. The van der Waals surface area contributed by atoms with Crippen LogP contribution in [0.5, 0.6) is 0 Å². The average Bonchev–Trinajstić information content (AvgIpc) is 2.76. The van der Waals surface area contributed by atoms with Crippen molar-refractivity contribution in [2.75, 3.05) is 5.32 Å². The molecule has 3 aromatic carbocycles. The summed E-state index contributed by atoms with van der Waals surface area (Å²) in [5.41, 5.74) is 0.643. The number of halogens is 2. The van der Waals surface area contributed by atoms with Gasteiger partial charge in [0, 0.05) is 11.6 Å². The van der Waals surface area contributed by atoms with Crippen LogP contribution in [0.3, 0.4) is 0 Å². The van der Waals surface area contributed by atoms with Crippen LogP contribution in [-0.2, 0) is 0 Å². The normalized spacial score (nSPS) is 10.8. The summed E-state index contributed by atoms with van der Waals surface area (Å²) < 4.78 is 1.42. The van der Waals surface area contributed by atoms with E-state index in [4.69, 9.17) is 23.2 Å². The Labute approximate surface area is 191 Å². The fraction of sp³-hybridized carbons (Fsp3) is 0.0455. The van der Waals surface area contributed by atoms with Crippen molar-refractivity contribution in [3.8, 4) is 5.69 Å². The van der Waals surface area contributed by atoms with Crippen LogP contribution in [0.25, 0.3) is 16.6 Å². The van der Waals surface area contributed by atoms with Gasteiger partial charge in [0.2, 0.25) is 0 Å². The van der Waals surface area contributed by atoms with Crippen molar-refractivity contribution in [3.05, 3.63) is 103 Å². The first kappa shape index (κ1) is 21.5. The molecule has 10 heteroatoms. The summed E-state index contributed by atoms with van der Waals surface area (Å²) in [5, 5.41) is 14.3. The lowest BCUT2D eigenvalue weighted by molar-refractivity contribution is -0.384. The fourth-order valence-electron chi connectivity index (χ4n) is 3.28. The average molecular weight is 469 g/mol. The molecule has 0 bridgehead atoms. The lowest BCUT2D eigenvalue weighted by Gasteiger charge is -2.14. The Morgan fingerprint density at radius 3 is 2.53 bits per heavy atom. The van der Waals surface area contributed by atoms with Crippen LogP contribution >= 0.6 is 23.2 Å². The number of benzene rings is 3. The van der Waals surface area contributed by atoms with Gasteiger partial charge in [-0.1, -0.05) is 35.3 Å². The zero-order valence-electron chi connectivity index (χ0n) is 16.5. The molecule has 1 N–H and O–H groups in total. The summed E-state index contributed by atoms with van der Waals surface area (Å²) >= 11 is 12.1. The summed E-state index contributed by atoms with van der Waals surface area (Å²) in [4.78, 5) is 40.6. The van der Waals surface area contributed by atoms with E-state index in [2.05, 4.69) is 10.3 Å². The highest BCUT2D eigenvalue weighted by Crippen LogP contribution is 2.28. The highest BCUT2D eigenvalue weighted by molar-refractivity contribution is 6.34. The van der Waals surface area contributed by atoms with E-state index < -0.39 is 10.8 Å². The number of para-hydroxylation sites is 1. The monoisotopic (exact) mass is 468 g/mol. The number of nitrogens with one attached hydrogen (secondary N) is 1. The van der Waals surface area contributed by atoms with E-state index in [0.717, 1.165) is 6.07 Å². The summed E-state index contributed by atoms with van der Waals surface area (Å²) in [6, 6.07) is 15.4. The molecule has 4 rings (SSSR count). The molecule has 0 radical (unpaired) electrons. The smallest absolute Gasteiger partial charge is 0.288 e. The summed E-state index contributed by atoms with van der Waals surface area (Å²) in [6.07, 6.45) is 0. The number of carbonyl (C=O) groups is 1. The highest BCUT2D eigenvalue weighted by Gasteiger charge is 2.18. The molecule has 0 unspecified atom stereocenters. The van der Waals surface area contributed by atoms with Crippen molar-refractivity contribution in [2.24, 2.45) is 0 Å². The van der Waals surface area contributed by atoms with Gasteiger partial charge in [0.1, 0.15) is 10.8 Å². The van der Waals surface area contributed by atoms with Crippen molar-refractivity contribution < 1.29 is 9.72 Å². The number of rotatable bonds is 4. The Morgan fingerprint density at radius 1 is 1.06 bits per heavy atom. The van der Waals surface area contributed by atoms with Crippen LogP contribution in [0.1, 0.15) is 16.2 Å². The number of aromatic nitrogens is 2. The number of aryl methyl sites for hydroxylation is 1. The first-order valence-electron chi connectivity index (χ1n) is 9.30. The zero-order chi connectivity index (χ0) is 23.0. The Morgan fingerprint density at radius 2 is 1.78 bits per heavy atom. The minimum atomic E-state index is -0.672. The van der Waals surface area contributed by atoms with Gasteiger partial charge in [0.15, 0.2) is 0 Å². The molecule has 0 atom stereocenters. The molecule has 0 spiro atoms. The predicted molar refractivity (Wildman–Crippen MR) is 123 cm³/mol. The second-order valence-corrected chi connectivity index (χ2v) is 7.67. The molecule has 1 heterocycles. The van der Waals surface area contributed by atoms with Crippen LogP contribution in [-0.4, -0.2) is 20.4 Å². The second kappa shape index (κ2) is 8.41. The van der Waals surface area contributed by atoms with E-state index >= 15 is 0 Å². The maximum Gasteiger partial charge on any atom is 0.288 e. The third kappa shape index (κ3) is 3.93. The van der Waals surface area contributed by atoms with E-state index in [-0.39, 0.29) is 32.5 Å². The molecule has 160 valence electrons. The molecule has 4 aromatic rings. The number of nitro benzene ring substituents is 1. The number of hydrogen-bond acceptors (Lipinski definition) is 5. The summed E-state index contributed by atoms with van der Waals surface area (Å²) in [5.74, 6) is -0.161. The minimum absolute atomic E-state index is 0.0308. The third-order valence-electron chi connectivity index (χ3n) is 4.80. The number of amides is 1. The third-order valence-corrected chi connectivity index (χ3v) is 5.45. The minimum Gasteiger partial charge on any atom is -0.321 e. The van der Waals surface area contributed by atoms with Crippen LogP contribution < -0.4 is 10.9 Å². The predicted octanol–water partition coefficient (Wildman–Crippen LogP) is 5.16. The van der Waals surface area contributed by atoms with Gasteiger partial charge >= 0.3 is 0 Å². The number of hydrogen-bond donors (Lipinski definition) is 1. The quantitative estimate of drug-likeness (QED) is 0.328. The molecule has 0 saturated heterocycles. The van der Waals surface area contributed by atoms with Gasteiger partial charge in [0.05, 0.1) is 32.2 Å². The van der Waals surface area contributed by atoms with Gasteiger partial charge in [-0.2, -0.15) is 0 Å². The number of anilines is 1. The van der Waals surface area contributed by atoms with Crippen LogP contribution in [0, 0.1) is 17.0 Å². The molecule has 0 fully saturated rings. The van der Waals surface area contributed by atoms with Crippen LogP contribution in [0.15, 0.2) is 65.5 Å². The van der Waals surface area contributed by atoms with Gasteiger partial charge in [0.25, 0.3) is 17.2 Å². The second-order valence-electron chi connectivity index (χ2n) is 6.86. The van der Waals surface area contributed by atoms with Crippen LogP contribution in [0.2, 0.25) is 10.0 Å². The largest absolute Gasteiger partial charge is 0.321 e. The SMILES string of the molecule is Cc1nc2ccccc2c(=O)n1-c1ccc(Cl)c(NC(=O)c2ccc(Cl)c([N+](=O)[O-])c2)c1. The van der Waals surface area contributed by atoms with Gasteiger partial charge in [-0.3, -0.25) is 24.3 Å². The van der Waals surface area contributed by atoms with E-state index in [0.29, 0.717) is 22.4 Å². The first-order chi connectivity index (χ1) is 15.3. The zero-order valence-corrected chi connectivity index (χ0v) is 18.0. The van der Waals surface area contributed by atoms with Crippen LogP contribution in [0.4, 0.5) is 11.4 Å². The number of carbonyl (C=O) groups excluding carboxylic acids is 1. The maximum absolute atomic E-state index is 13.0. The summed E-state index contributed by atoms with van der Waals surface area (Å²) in [6.45, 7) is 1.70. The van der Waals surface area contributed by atoms with E-state index in [1.54, 1.807) is 37.3 Å². The van der Waals surface area contributed by atoms with E-state index in [1.165, 1.54) is 28.8 Å².